The minimum atomic E-state index is -4.92. The topological polar surface area (TPSA) is 180 Å². The van der Waals surface area contributed by atoms with E-state index in [1.807, 2.05) is 4.72 Å². The number of nitrogens with one attached hydrogen (secondary N) is 1. The number of hydrogen-bond acceptors (Lipinski definition) is 11. The van der Waals surface area contributed by atoms with Crippen molar-refractivity contribution in [3.63, 3.8) is 0 Å². The van der Waals surface area contributed by atoms with E-state index in [4.69, 9.17) is 9.56 Å². The average Bonchev–Trinajstić information content (AvgIpc) is 3.54. The summed E-state index contributed by atoms with van der Waals surface area (Å²) >= 11 is 0.996. The Morgan fingerprint density at radius 1 is 1.00 bits per heavy atom. The molecular weight excluding hydrogens is 653 g/mol. The van der Waals surface area contributed by atoms with E-state index in [2.05, 4.69) is 24.9 Å². The van der Waals surface area contributed by atoms with Crippen LogP contribution in [-0.2, 0) is 32.3 Å². The molecule has 1 atom stereocenters. The number of nitrogens with two attached hydrogens (primary N) is 1. The molecule has 12 nitrogen and oxygen atoms in total. The molecule has 234 valence electrons. The van der Waals surface area contributed by atoms with E-state index in [1.165, 1.54) is 18.3 Å². The Morgan fingerprint density at radius 3 is 2.34 bits per heavy atom. The summed E-state index contributed by atoms with van der Waals surface area (Å²) in [5.74, 6) is -2.57. The number of nitrogens with zero attached hydrogens (tertiary/aromatic N) is 4. The Kier molecular flexibility index (Phi) is 9.35. The zero-order valence-corrected chi connectivity index (χ0v) is 23.8. The van der Waals surface area contributed by atoms with Crippen molar-refractivity contribution in [3.8, 4) is 16.9 Å². The summed E-state index contributed by atoms with van der Waals surface area (Å²) in [6, 6.07) is 12.0. The zero-order valence-electron chi connectivity index (χ0n) is 21.3. The Hall–Kier alpha value is -4.04. The first-order chi connectivity index (χ1) is 20.1. The van der Waals surface area contributed by atoms with Crippen LogP contribution in [-0.4, -0.2) is 43.4 Å². The lowest BCUT2D eigenvalue weighted by molar-refractivity contribution is -0.274. The van der Waals surface area contributed by atoms with Crippen LogP contribution in [0, 0.1) is 5.95 Å². The van der Waals surface area contributed by atoms with Crippen molar-refractivity contribution in [2.45, 2.75) is 31.3 Å². The first-order valence-corrected chi connectivity index (χ1v) is 15.9. The molecule has 0 bridgehead atoms. The molecule has 1 unspecified atom stereocenters. The summed E-state index contributed by atoms with van der Waals surface area (Å²) in [6.07, 6.45) is -3.58. The Balaban J connectivity index is 0.00000442. The summed E-state index contributed by atoms with van der Waals surface area (Å²) in [5.41, 5.74) is 1.81. The summed E-state index contributed by atoms with van der Waals surface area (Å²) in [5, 5.41) is 10.8. The van der Waals surface area contributed by atoms with E-state index >= 15 is 0 Å². The number of benzene rings is 2. The van der Waals surface area contributed by atoms with E-state index in [9.17, 15) is 34.4 Å². The molecule has 0 saturated carbocycles. The van der Waals surface area contributed by atoms with Crippen LogP contribution < -0.4 is 14.6 Å². The highest BCUT2D eigenvalue weighted by Gasteiger charge is 2.37. The number of rotatable bonds is 10. The van der Waals surface area contributed by atoms with Gasteiger partial charge in [0.05, 0.1) is 22.5 Å². The van der Waals surface area contributed by atoms with Crippen molar-refractivity contribution in [1.29, 1.82) is 0 Å². The van der Waals surface area contributed by atoms with Crippen molar-refractivity contribution in [2.24, 2.45) is 5.14 Å². The van der Waals surface area contributed by atoms with Crippen molar-refractivity contribution in [1.82, 2.24) is 24.9 Å². The smallest absolute Gasteiger partial charge is 0.422 e. The highest BCUT2D eigenvalue weighted by molar-refractivity contribution is 7.91. The number of halogens is 4. The van der Waals surface area contributed by atoms with Crippen molar-refractivity contribution >= 4 is 41.6 Å². The average molecular weight is 675 g/mol. The first kappa shape index (κ1) is 32.9. The molecule has 3 aromatic heterocycles. The molecule has 0 aliphatic rings. The van der Waals surface area contributed by atoms with Gasteiger partial charge < -0.3 is 9.15 Å². The third-order valence-electron chi connectivity index (χ3n) is 5.71. The summed E-state index contributed by atoms with van der Waals surface area (Å²) in [7, 11) is -8.43. The SMILES string of the molecule is C.NS(=O)(=O)NCc1nnc(C(c2nc3ccc(-c4ccc(F)nc4)cc3s2)S(=O)(=O)Cc2ccc(OC(F)(F)F)cc2)o1. The molecule has 0 fully saturated rings. The number of ether oxygens (including phenoxy) is 1. The van der Waals surface area contributed by atoms with Crippen molar-refractivity contribution < 1.29 is 43.6 Å². The lowest BCUT2D eigenvalue weighted by Crippen LogP contribution is -2.30. The zero-order chi connectivity index (χ0) is 31.0. The Bertz CT molecular complexity index is 1980. The van der Waals surface area contributed by atoms with Gasteiger partial charge >= 0.3 is 6.36 Å². The third-order valence-corrected chi connectivity index (χ3v) is 9.36. The van der Waals surface area contributed by atoms with Gasteiger partial charge in [-0.3, -0.25) is 0 Å². The molecule has 0 spiro atoms. The molecule has 3 heterocycles. The second-order valence-electron chi connectivity index (χ2n) is 8.88. The molecule has 0 aliphatic carbocycles. The van der Waals surface area contributed by atoms with Crippen LogP contribution in [0.4, 0.5) is 17.6 Å². The first-order valence-electron chi connectivity index (χ1n) is 11.8. The molecule has 5 aromatic rings. The van der Waals surface area contributed by atoms with Gasteiger partial charge in [-0.15, -0.1) is 34.7 Å². The number of sulfone groups is 1. The summed E-state index contributed by atoms with van der Waals surface area (Å²) in [4.78, 5) is 8.09. The molecule has 0 radical (unpaired) electrons. The number of hydrogen-bond donors (Lipinski definition) is 2. The van der Waals surface area contributed by atoms with E-state index < -0.39 is 61.5 Å². The van der Waals surface area contributed by atoms with Gasteiger partial charge in [0.15, 0.2) is 15.1 Å². The predicted octanol–water partition coefficient (Wildman–Crippen LogP) is 4.41. The fourth-order valence-electron chi connectivity index (χ4n) is 3.90. The maximum Gasteiger partial charge on any atom is 0.573 e. The highest BCUT2D eigenvalue weighted by atomic mass is 32.2. The number of fused-ring (bicyclic) bond motifs is 1. The van der Waals surface area contributed by atoms with Crippen molar-refractivity contribution in [2.75, 3.05) is 0 Å². The largest absolute Gasteiger partial charge is 0.573 e. The normalized spacial score (nSPS) is 13.0. The van der Waals surface area contributed by atoms with Gasteiger partial charge in [-0.05, 0) is 47.5 Å². The number of alkyl halides is 3. The Labute approximate surface area is 252 Å². The molecule has 2 aromatic carbocycles. The third kappa shape index (κ3) is 8.11. The maximum atomic E-state index is 13.8. The van der Waals surface area contributed by atoms with Crippen LogP contribution in [0.3, 0.4) is 0 Å². The molecule has 19 heteroatoms. The van der Waals surface area contributed by atoms with Gasteiger partial charge in [-0.25, -0.2) is 23.5 Å². The molecule has 44 heavy (non-hydrogen) atoms. The van der Waals surface area contributed by atoms with Crippen LogP contribution in [0.2, 0.25) is 0 Å². The fraction of sp³-hybridized carbons (Fsp3) is 0.200. The van der Waals surface area contributed by atoms with Crippen LogP contribution in [0.1, 0.15) is 35.0 Å². The van der Waals surface area contributed by atoms with Gasteiger partial charge in [0, 0.05) is 11.8 Å². The predicted molar refractivity (Wildman–Crippen MR) is 151 cm³/mol. The lowest BCUT2D eigenvalue weighted by atomic mass is 10.1. The molecular formula is C25H22F4N6O6S3. The van der Waals surface area contributed by atoms with E-state index in [1.54, 1.807) is 18.2 Å². The molecule has 3 N–H and O–H groups in total. The minimum Gasteiger partial charge on any atom is -0.422 e. The molecule has 0 saturated heterocycles. The van der Waals surface area contributed by atoms with Crippen LogP contribution in [0.5, 0.6) is 5.75 Å². The minimum absolute atomic E-state index is 0. The summed E-state index contributed by atoms with van der Waals surface area (Å²) in [6.45, 7) is -0.520. The van der Waals surface area contributed by atoms with E-state index in [0.717, 1.165) is 35.6 Å². The second-order valence-corrected chi connectivity index (χ2v) is 13.4. The monoisotopic (exact) mass is 674 g/mol. The molecule has 0 amide bonds. The lowest BCUT2D eigenvalue weighted by Gasteiger charge is -2.13. The van der Waals surface area contributed by atoms with Gasteiger partial charge in [0.25, 0.3) is 10.2 Å². The maximum absolute atomic E-state index is 13.8. The quantitative estimate of drug-likeness (QED) is 0.159. The van der Waals surface area contributed by atoms with Gasteiger partial charge in [-0.2, -0.15) is 17.5 Å². The van der Waals surface area contributed by atoms with Crippen LogP contribution in [0.25, 0.3) is 21.3 Å². The van der Waals surface area contributed by atoms with E-state index in [-0.39, 0.29) is 23.9 Å². The number of pyridine rings is 1. The second kappa shape index (κ2) is 12.5. The summed E-state index contributed by atoms with van der Waals surface area (Å²) < 4.78 is 113. The molecule has 5 rings (SSSR count). The Morgan fingerprint density at radius 2 is 1.70 bits per heavy atom. The van der Waals surface area contributed by atoms with Crippen molar-refractivity contribution in [3.05, 3.63) is 89.1 Å². The van der Waals surface area contributed by atoms with Gasteiger partial charge in [0.1, 0.15) is 10.8 Å². The van der Waals surface area contributed by atoms with E-state index in [0.29, 0.717) is 21.3 Å². The fourth-order valence-corrected chi connectivity index (χ4v) is 7.38. The molecule has 0 aliphatic heterocycles. The van der Waals surface area contributed by atoms with Gasteiger partial charge in [-0.1, -0.05) is 25.6 Å². The van der Waals surface area contributed by atoms with Crippen LogP contribution in [0.15, 0.2) is 65.2 Å². The number of thiazole rings is 1. The van der Waals surface area contributed by atoms with Gasteiger partial charge in [0.2, 0.25) is 17.7 Å². The highest BCUT2D eigenvalue weighted by Crippen LogP contribution is 2.38. The standard InChI is InChI=1S/C24H18F4N6O6S3.CH4/c25-19-8-4-15(10-30-19)14-3-7-17-18(9-14)41-23(32-17)21(22-34-33-20(39-22)11-31-43(29,37)38)42(35,36)12-13-1-5-16(6-2-13)40-24(26,27)28;/h1-10,21,31H,11-12H2,(H2,29,37,38);1H4. The number of aromatic nitrogens is 4. The van der Waals surface area contributed by atoms with Crippen LogP contribution >= 0.6 is 11.3 Å².